The summed E-state index contributed by atoms with van der Waals surface area (Å²) >= 11 is 0. The summed E-state index contributed by atoms with van der Waals surface area (Å²) in [6.07, 6.45) is 12.5. The largest absolute Gasteiger partial charge is 0.456 e. The highest BCUT2D eigenvalue weighted by Gasteiger charge is 2.15. The molecule has 236 valence electrons. The molecule has 0 saturated carbocycles. The van der Waals surface area contributed by atoms with Crippen LogP contribution in [0.15, 0.2) is 0 Å². The van der Waals surface area contributed by atoms with Gasteiger partial charge in [0.25, 0.3) is 0 Å². The molecule has 0 aliphatic rings. The number of amides is 1. The molecular weight excluding hydrogens is 506 g/mol. The Hall–Kier alpha value is -4.27. The quantitative estimate of drug-likeness (QED) is 0.0965. The Morgan fingerprint density at radius 1 is 0.750 bits per heavy atom. The van der Waals surface area contributed by atoms with Gasteiger partial charge in [-0.15, -0.1) is 0 Å². The van der Waals surface area contributed by atoms with Crippen LogP contribution in [0.1, 0.15) is 114 Å². The number of unbranched alkanes of at least 4 members (excludes halogenated alkanes) is 10. The van der Waals surface area contributed by atoms with Gasteiger partial charge in [-0.05, 0) is 72.5 Å². The monoisotopic (exact) mass is 569 g/mol. The van der Waals surface area contributed by atoms with E-state index in [1.807, 2.05) is 0 Å². The smallest absolute Gasteiger partial charge is 0.385 e. The number of carbonyl (C=O) groups excluding carboxylic acids is 3. The van der Waals surface area contributed by atoms with Crippen molar-refractivity contribution in [3.63, 3.8) is 0 Å². The van der Waals surface area contributed by atoms with Crippen LogP contribution in [0, 0.1) is 71.0 Å². The van der Waals surface area contributed by atoms with Crippen molar-refractivity contribution in [1.29, 1.82) is 0 Å². The lowest BCUT2D eigenvalue weighted by atomic mass is 10.1. The van der Waals surface area contributed by atoms with Crippen molar-refractivity contribution in [3.8, 4) is 71.0 Å². The lowest BCUT2D eigenvalue weighted by Crippen LogP contribution is -2.28. The van der Waals surface area contributed by atoms with Crippen molar-refractivity contribution in [2.24, 2.45) is 5.73 Å². The van der Waals surface area contributed by atoms with Crippen LogP contribution in [0.5, 0.6) is 0 Å². The summed E-state index contributed by atoms with van der Waals surface area (Å²) in [5.41, 5.74) is 4.47. The minimum Gasteiger partial charge on any atom is -0.456 e. The van der Waals surface area contributed by atoms with Gasteiger partial charge in [0.05, 0.1) is 6.61 Å². The third-order valence-corrected chi connectivity index (χ3v) is 4.74. The fourth-order valence-corrected chi connectivity index (χ4v) is 2.90. The highest BCUT2D eigenvalue weighted by atomic mass is 16.6. The molecule has 0 aromatic rings. The summed E-state index contributed by atoms with van der Waals surface area (Å²) in [5, 5.41) is 9.36. The van der Waals surface area contributed by atoms with Crippen molar-refractivity contribution in [2.45, 2.75) is 104 Å². The van der Waals surface area contributed by atoms with Gasteiger partial charge >= 0.3 is 11.9 Å². The molecule has 0 unspecified atom stereocenters. The molecule has 1 atom stereocenters. The van der Waals surface area contributed by atoms with E-state index in [2.05, 4.69) is 83.7 Å². The molecule has 0 aliphatic carbocycles. The normalized spacial score (nSPS) is 9.00. The predicted molar refractivity (Wildman–Crippen MR) is 179 cm³/mol. The molecule has 0 aromatic carbocycles. The zero-order valence-electron chi connectivity index (χ0n) is 24.0. The molecule has 40 heavy (non-hydrogen) atoms. The first-order valence-corrected chi connectivity index (χ1v) is 13.5. The molecule has 0 radical (unpaired) electrons. The average molecular weight is 570 g/mol. The second-order valence-electron chi connectivity index (χ2n) is 8.41. The molecule has 0 spiro atoms. The third kappa shape index (κ3) is 33.7. The maximum absolute atomic E-state index is 11.9. The SMILES string of the molecule is CC#CC#CC#CC#CC#CC#CC(=O)OC[C@H](CO)OC(=O)CCCCCCCCCCCCC.CC(N)=O.[HH].[HH].[HH].[HH].[HH].[HH].[HH].[HH].[HH].[HH].[HH]. The van der Waals surface area contributed by atoms with E-state index in [4.69, 9.17) is 9.47 Å². The van der Waals surface area contributed by atoms with Crippen molar-refractivity contribution in [3.05, 3.63) is 0 Å². The maximum Gasteiger partial charge on any atom is 0.385 e. The Labute approximate surface area is 257 Å². The number of ether oxygens (including phenoxy) is 2. The number of rotatable bonds is 16. The van der Waals surface area contributed by atoms with E-state index in [1.165, 1.54) is 58.3 Å². The Morgan fingerprint density at radius 2 is 1.18 bits per heavy atom. The summed E-state index contributed by atoms with van der Waals surface area (Å²) in [6.45, 7) is 4.48. The minimum absolute atomic E-state index is 0. The number of primary amides is 1. The van der Waals surface area contributed by atoms with Crippen LogP contribution >= 0.6 is 0 Å². The number of hydrogen-bond acceptors (Lipinski definition) is 6. The Morgan fingerprint density at radius 3 is 1.62 bits per heavy atom. The maximum atomic E-state index is 11.9. The summed E-state index contributed by atoms with van der Waals surface area (Å²) in [7, 11) is 0. The van der Waals surface area contributed by atoms with E-state index >= 15 is 0 Å². The number of hydrogen-bond donors (Lipinski definition) is 2. The van der Waals surface area contributed by atoms with E-state index in [1.54, 1.807) is 6.92 Å². The summed E-state index contributed by atoms with van der Waals surface area (Å²) in [4.78, 5) is 32.8. The topological polar surface area (TPSA) is 116 Å². The average Bonchev–Trinajstić information content (AvgIpc) is 2.92. The van der Waals surface area contributed by atoms with Gasteiger partial charge in [-0.2, -0.15) is 0 Å². The zero-order valence-corrected chi connectivity index (χ0v) is 24.0. The van der Waals surface area contributed by atoms with Crippen LogP contribution in [0.25, 0.3) is 0 Å². The lowest BCUT2D eigenvalue weighted by molar-refractivity contribution is -0.159. The van der Waals surface area contributed by atoms with Crippen molar-refractivity contribution < 1.29 is 44.7 Å². The molecule has 3 N–H and O–H groups in total. The van der Waals surface area contributed by atoms with Crippen molar-refractivity contribution in [2.75, 3.05) is 13.2 Å². The number of aliphatic hydroxyl groups is 1. The van der Waals surface area contributed by atoms with E-state index in [0.29, 0.717) is 0 Å². The van der Waals surface area contributed by atoms with Gasteiger partial charge in [-0.25, -0.2) is 4.79 Å². The van der Waals surface area contributed by atoms with Gasteiger partial charge in [-0.3, -0.25) is 9.59 Å². The zero-order chi connectivity index (χ0) is 30.1. The van der Waals surface area contributed by atoms with Gasteiger partial charge in [0.1, 0.15) is 6.61 Å². The van der Waals surface area contributed by atoms with Crippen molar-refractivity contribution in [1.82, 2.24) is 0 Å². The number of carbonyl (C=O) groups is 3. The Bertz CT molecular complexity index is 1150. The molecule has 0 rings (SSSR count). The van der Waals surface area contributed by atoms with Crippen LogP contribution in [0.2, 0.25) is 0 Å². The van der Waals surface area contributed by atoms with Crippen LogP contribution < -0.4 is 5.73 Å². The van der Waals surface area contributed by atoms with Gasteiger partial charge in [0.15, 0.2) is 6.10 Å². The molecule has 0 aromatic heterocycles. The van der Waals surface area contributed by atoms with E-state index < -0.39 is 24.6 Å². The van der Waals surface area contributed by atoms with Crippen molar-refractivity contribution >= 4 is 17.8 Å². The highest BCUT2D eigenvalue weighted by Crippen LogP contribution is 2.12. The second-order valence-corrected chi connectivity index (χ2v) is 8.41. The van der Waals surface area contributed by atoms with E-state index in [0.717, 1.165) is 19.3 Å². The second kappa shape index (κ2) is 31.0. The molecule has 0 fully saturated rings. The molecule has 0 bridgehead atoms. The fraction of sp³-hybridized carbons (Fsp3) is 0.545. The lowest BCUT2D eigenvalue weighted by Gasteiger charge is -2.14. The van der Waals surface area contributed by atoms with Crippen LogP contribution in [-0.4, -0.2) is 42.3 Å². The Balaban J connectivity index is -0.0000000828. The molecule has 0 saturated heterocycles. The first-order valence-electron chi connectivity index (χ1n) is 13.5. The fourth-order valence-electron chi connectivity index (χ4n) is 2.90. The van der Waals surface area contributed by atoms with E-state index in [9.17, 15) is 19.5 Å². The van der Waals surface area contributed by atoms with Crippen LogP contribution in [-0.2, 0) is 23.9 Å². The highest BCUT2D eigenvalue weighted by molar-refractivity contribution is 5.89. The van der Waals surface area contributed by atoms with Gasteiger partial charge in [-0.1, -0.05) is 77.1 Å². The summed E-state index contributed by atoms with van der Waals surface area (Å²) < 4.78 is 10.1. The van der Waals surface area contributed by atoms with Gasteiger partial charge in [0, 0.05) is 35.0 Å². The van der Waals surface area contributed by atoms with Crippen LogP contribution in [0.4, 0.5) is 0 Å². The first kappa shape index (κ1) is 37.9. The summed E-state index contributed by atoms with van der Waals surface area (Å²) in [5.74, 6) is 27.7. The van der Waals surface area contributed by atoms with Gasteiger partial charge in [0.2, 0.25) is 5.91 Å². The number of nitrogens with two attached hydrogens (primary N) is 1. The molecule has 7 heteroatoms. The number of aliphatic hydroxyl groups excluding tert-OH is 1. The standard InChI is InChI=1S/C31H36O5.C2H5NO.11H2/c1-3-5-7-9-11-13-15-17-19-21-23-25-30(33)35-28-29(27-32)36-31(34)26-24-22-20-18-16-14-12-10-8-6-4-2;1-2(3)4;;;;;;;;;;;/h29,32H,4,6,8,10,12,14,16,18,20,22,24,26-28H2,1-2H3;1H3,(H2,3,4);11*1H/t29-;;;;;;;;;;;;/m0............/s1. The minimum atomic E-state index is -0.919. The Kier molecular flexibility index (Phi) is 29.3. The molecule has 0 heterocycles. The first-order chi connectivity index (χ1) is 19.4. The number of esters is 2. The predicted octanol–water partition coefficient (Wildman–Crippen LogP) is 6.37. The molecule has 1 amide bonds. The third-order valence-electron chi connectivity index (χ3n) is 4.74. The summed E-state index contributed by atoms with van der Waals surface area (Å²) in [6, 6.07) is 0. The van der Waals surface area contributed by atoms with E-state index in [-0.39, 0.29) is 34.6 Å². The molecule has 0 aliphatic heterocycles. The van der Waals surface area contributed by atoms with Crippen LogP contribution in [0.3, 0.4) is 0 Å². The molecular formula is C33H63NO6. The van der Waals surface area contributed by atoms with Gasteiger partial charge < -0.3 is 20.3 Å². The molecule has 7 nitrogen and oxygen atoms in total.